The molecule has 1 aromatic rings. The lowest BCUT2D eigenvalue weighted by molar-refractivity contribution is -0.133. The molecule has 0 heterocycles. The lowest BCUT2D eigenvalue weighted by Crippen LogP contribution is -2.23. The standard InChI is InChI=1S/C11H15F3N2/c12-11(13,14)5-7-16-6-4-9-2-1-3-10(15)8-9/h1-3,8,16H,4-7,15H2. The van der Waals surface area contributed by atoms with Crippen LogP contribution in [-0.4, -0.2) is 19.3 Å². The highest BCUT2D eigenvalue weighted by molar-refractivity contribution is 5.40. The topological polar surface area (TPSA) is 38.0 Å². The summed E-state index contributed by atoms with van der Waals surface area (Å²) >= 11 is 0. The molecule has 0 aliphatic heterocycles. The van der Waals surface area contributed by atoms with Crippen molar-refractivity contribution >= 4 is 5.69 Å². The number of nitrogens with two attached hydrogens (primary N) is 1. The Labute approximate surface area is 92.6 Å². The third-order valence-corrected chi connectivity index (χ3v) is 2.13. The third kappa shape index (κ3) is 5.60. The fourth-order valence-electron chi connectivity index (χ4n) is 1.34. The van der Waals surface area contributed by atoms with Crippen LogP contribution in [0.1, 0.15) is 12.0 Å². The number of rotatable bonds is 5. The Morgan fingerprint density at radius 1 is 1.19 bits per heavy atom. The molecule has 3 N–H and O–H groups in total. The molecule has 0 unspecified atom stereocenters. The molecule has 0 saturated carbocycles. The molecule has 16 heavy (non-hydrogen) atoms. The third-order valence-electron chi connectivity index (χ3n) is 2.13. The van der Waals surface area contributed by atoms with Crippen molar-refractivity contribution in [3.63, 3.8) is 0 Å². The summed E-state index contributed by atoms with van der Waals surface area (Å²) in [7, 11) is 0. The average molecular weight is 232 g/mol. The van der Waals surface area contributed by atoms with E-state index in [-0.39, 0.29) is 6.54 Å². The number of alkyl halides is 3. The van der Waals surface area contributed by atoms with Crippen molar-refractivity contribution in [2.45, 2.75) is 19.0 Å². The summed E-state index contributed by atoms with van der Waals surface area (Å²) in [5.74, 6) is 0. The first kappa shape index (κ1) is 12.8. The van der Waals surface area contributed by atoms with Crippen molar-refractivity contribution in [1.82, 2.24) is 5.32 Å². The Morgan fingerprint density at radius 2 is 1.94 bits per heavy atom. The van der Waals surface area contributed by atoms with Crippen LogP contribution in [0.3, 0.4) is 0 Å². The van der Waals surface area contributed by atoms with E-state index in [1.54, 1.807) is 6.07 Å². The first-order valence-corrected chi connectivity index (χ1v) is 5.09. The van der Waals surface area contributed by atoms with Gasteiger partial charge in [0.25, 0.3) is 0 Å². The zero-order valence-electron chi connectivity index (χ0n) is 8.85. The predicted molar refractivity (Wildman–Crippen MR) is 58.1 cm³/mol. The molecule has 0 radical (unpaired) electrons. The smallest absolute Gasteiger partial charge is 0.390 e. The normalized spacial score (nSPS) is 11.7. The number of nitrogen functional groups attached to an aromatic ring is 1. The summed E-state index contributed by atoms with van der Waals surface area (Å²) in [5.41, 5.74) is 7.28. The van der Waals surface area contributed by atoms with Crippen LogP contribution >= 0.6 is 0 Å². The number of hydrogen-bond donors (Lipinski definition) is 2. The molecule has 0 aliphatic carbocycles. The van der Waals surface area contributed by atoms with E-state index >= 15 is 0 Å². The van der Waals surface area contributed by atoms with Crippen LogP contribution in [0, 0.1) is 0 Å². The molecule has 0 spiro atoms. The van der Waals surface area contributed by atoms with Gasteiger partial charge < -0.3 is 11.1 Å². The van der Waals surface area contributed by atoms with E-state index in [0.717, 1.165) is 5.56 Å². The monoisotopic (exact) mass is 232 g/mol. The van der Waals surface area contributed by atoms with Gasteiger partial charge >= 0.3 is 6.18 Å². The van der Waals surface area contributed by atoms with Gasteiger partial charge in [0.05, 0.1) is 6.42 Å². The molecule has 2 nitrogen and oxygen atoms in total. The van der Waals surface area contributed by atoms with Crippen molar-refractivity contribution in [2.75, 3.05) is 18.8 Å². The molecule has 0 saturated heterocycles. The van der Waals surface area contributed by atoms with Gasteiger partial charge in [-0.3, -0.25) is 0 Å². The number of nitrogens with one attached hydrogen (secondary N) is 1. The molecule has 0 fully saturated rings. The maximum Gasteiger partial charge on any atom is 0.390 e. The van der Waals surface area contributed by atoms with Gasteiger partial charge in [-0.2, -0.15) is 13.2 Å². The van der Waals surface area contributed by atoms with E-state index in [0.29, 0.717) is 18.7 Å². The molecule has 90 valence electrons. The van der Waals surface area contributed by atoms with Gasteiger partial charge in [0.1, 0.15) is 0 Å². The van der Waals surface area contributed by atoms with Crippen molar-refractivity contribution < 1.29 is 13.2 Å². The fourth-order valence-corrected chi connectivity index (χ4v) is 1.34. The van der Waals surface area contributed by atoms with Crippen molar-refractivity contribution in [3.05, 3.63) is 29.8 Å². The van der Waals surface area contributed by atoms with Gasteiger partial charge in [0.2, 0.25) is 0 Å². The van der Waals surface area contributed by atoms with E-state index in [1.165, 1.54) is 0 Å². The van der Waals surface area contributed by atoms with E-state index in [1.807, 2.05) is 18.2 Å². The molecule has 0 bridgehead atoms. The number of halogens is 3. The largest absolute Gasteiger partial charge is 0.399 e. The van der Waals surface area contributed by atoms with Crippen LogP contribution in [0.15, 0.2) is 24.3 Å². The lowest BCUT2D eigenvalue weighted by atomic mass is 10.1. The molecule has 0 atom stereocenters. The Kier molecular flexibility index (Phi) is 4.61. The van der Waals surface area contributed by atoms with Gasteiger partial charge in [-0.05, 0) is 30.7 Å². The van der Waals surface area contributed by atoms with Crippen LogP contribution in [0.5, 0.6) is 0 Å². The number of hydrogen-bond acceptors (Lipinski definition) is 2. The fraction of sp³-hybridized carbons (Fsp3) is 0.455. The molecule has 0 amide bonds. The van der Waals surface area contributed by atoms with Crippen molar-refractivity contribution in [3.8, 4) is 0 Å². The molecule has 5 heteroatoms. The summed E-state index contributed by atoms with van der Waals surface area (Å²) in [6, 6.07) is 7.34. The molecule has 1 rings (SSSR count). The van der Waals surface area contributed by atoms with Crippen LogP contribution in [0.4, 0.5) is 18.9 Å². The van der Waals surface area contributed by atoms with Gasteiger partial charge in [0, 0.05) is 12.2 Å². The van der Waals surface area contributed by atoms with Crippen LogP contribution in [0.25, 0.3) is 0 Å². The minimum absolute atomic E-state index is 0.0359. The van der Waals surface area contributed by atoms with E-state index in [9.17, 15) is 13.2 Å². The summed E-state index contributed by atoms with van der Waals surface area (Å²) in [4.78, 5) is 0. The second kappa shape index (κ2) is 5.75. The van der Waals surface area contributed by atoms with Crippen molar-refractivity contribution in [2.24, 2.45) is 0 Å². The highest BCUT2D eigenvalue weighted by atomic mass is 19.4. The zero-order chi connectivity index (χ0) is 12.0. The Morgan fingerprint density at radius 3 is 2.56 bits per heavy atom. The minimum Gasteiger partial charge on any atom is -0.399 e. The summed E-state index contributed by atoms with van der Waals surface area (Å²) in [6.07, 6.45) is -4.18. The molecular formula is C11H15F3N2. The first-order valence-electron chi connectivity index (χ1n) is 5.09. The predicted octanol–water partition coefficient (Wildman–Crippen LogP) is 2.35. The summed E-state index contributed by atoms with van der Waals surface area (Å²) in [5, 5.41) is 2.75. The van der Waals surface area contributed by atoms with Gasteiger partial charge in [-0.1, -0.05) is 12.1 Å². The zero-order valence-corrected chi connectivity index (χ0v) is 8.85. The highest BCUT2D eigenvalue weighted by Crippen LogP contribution is 2.18. The first-order chi connectivity index (χ1) is 7.47. The highest BCUT2D eigenvalue weighted by Gasteiger charge is 2.25. The molecule has 0 aromatic heterocycles. The van der Waals surface area contributed by atoms with E-state index in [2.05, 4.69) is 5.32 Å². The van der Waals surface area contributed by atoms with Gasteiger partial charge in [-0.25, -0.2) is 0 Å². The van der Waals surface area contributed by atoms with E-state index in [4.69, 9.17) is 5.73 Å². The number of benzene rings is 1. The molecule has 1 aromatic carbocycles. The lowest BCUT2D eigenvalue weighted by Gasteiger charge is -2.07. The SMILES string of the molecule is Nc1cccc(CCNCCC(F)(F)F)c1. The maximum absolute atomic E-state index is 11.8. The summed E-state index contributed by atoms with van der Waals surface area (Å²) < 4.78 is 35.4. The second-order valence-electron chi connectivity index (χ2n) is 3.61. The minimum atomic E-state index is -4.08. The summed E-state index contributed by atoms with van der Waals surface area (Å²) in [6.45, 7) is 0.491. The van der Waals surface area contributed by atoms with Gasteiger partial charge in [0.15, 0.2) is 0 Å². The quantitative estimate of drug-likeness (QED) is 0.604. The van der Waals surface area contributed by atoms with Crippen LogP contribution in [-0.2, 0) is 6.42 Å². The average Bonchev–Trinajstić information content (AvgIpc) is 2.15. The molecule has 0 aliphatic rings. The Bertz CT molecular complexity index is 323. The Hall–Kier alpha value is -1.23. The van der Waals surface area contributed by atoms with Gasteiger partial charge in [-0.15, -0.1) is 0 Å². The second-order valence-corrected chi connectivity index (χ2v) is 3.61. The number of anilines is 1. The van der Waals surface area contributed by atoms with E-state index < -0.39 is 12.6 Å². The Balaban J connectivity index is 2.17. The van der Waals surface area contributed by atoms with Crippen LogP contribution in [0.2, 0.25) is 0 Å². The maximum atomic E-state index is 11.8. The van der Waals surface area contributed by atoms with Crippen molar-refractivity contribution in [1.29, 1.82) is 0 Å². The molecular weight excluding hydrogens is 217 g/mol. The van der Waals surface area contributed by atoms with Crippen LogP contribution < -0.4 is 11.1 Å².